The molecule has 0 radical (unpaired) electrons. The van der Waals surface area contributed by atoms with Gasteiger partial charge in [0.1, 0.15) is 28.6 Å². The number of hydrogen-bond acceptors (Lipinski definition) is 7. The number of thiocarbonyl (C=S) groups is 1. The van der Waals surface area contributed by atoms with E-state index in [2.05, 4.69) is 10.6 Å². The number of amides is 1. The first-order valence-electron chi connectivity index (χ1n) is 13.3. The Kier molecular flexibility index (Phi) is 10.1. The van der Waals surface area contributed by atoms with Gasteiger partial charge in [0.2, 0.25) is 0 Å². The van der Waals surface area contributed by atoms with Crippen LogP contribution in [0.4, 0.5) is 0 Å². The van der Waals surface area contributed by atoms with Crippen molar-refractivity contribution in [3.8, 4) is 22.6 Å². The van der Waals surface area contributed by atoms with Gasteiger partial charge in [0.15, 0.2) is 0 Å². The van der Waals surface area contributed by atoms with Gasteiger partial charge in [-0.2, -0.15) is 0 Å². The van der Waals surface area contributed by atoms with E-state index in [-0.39, 0.29) is 34.9 Å². The largest absolute Gasteiger partial charge is 0.508 e. The third kappa shape index (κ3) is 7.96. The van der Waals surface area contributed by atoms with Gasteiger partial charge in [-0.25, -0.2) is 9.59 Å². The lowest BCUT2D eigenvalue weighted by molar-refractivity contribution is -0.142. The van der Waals surface area contributed by atoms with Crippen LogP contribution in [0.1, 0.15) is 27.0 Å². The van der Waals surface area contributed by atoms with Crippen LogP contribution in [0, 0.1) is 0 Å². The van der Waals surface area contributed by atoms with Crippen molar-refractivity contribution in [2.75, 3.05) is 7.11 Å². The van der Waals surface area contributed by atoms with Gasteiger partial charge in [-0.1, -0.05) is 78.9 Å². The van der Waals surface area contributed by atoms with Crippen molar-refractivity contribution in [2.24, 2.45) is 0 Å². The number of carboxylic acid groups (broad SMARTS) is 1. The predicted molar refractivity (Wildman–Crippen MR) is 165 cm³/mol. The number of aromatic hydroxyl groups is 2. The van der Waals surface area contributed by atoms with Crippen molar-refractivity contribution in [2.45, 2.75) is 24.9 Å². The van der Waals surface area contributed by atoms with E-state index in [1.165, 1.54) is 31.4 Å². The molecule has 4 aromatic rings. The molecule has 2 atom stereocenters. The predicted octanol–water partition coefficient (Wildman–Crippen LogP) is 4.24. The van der Waals surface area contributed by atoms with Gasteiger partial charge in [-0.05, 0) is 52.6 Å². The summed E-state index contributed by atoms with van der Waals surface area (Å²) < 4.78 is 4.99. The Morgan fingerprint density at radius 3 is 1.67 bits per heavy atom. The quantitative estimate of drug-likeness (QED) is 0.126. The fourth-order valence-corrected chi connectivity index (χ4v) is 4.90. The third-order valence-corrected chi connectivity index (χ3v) is 7.12. The third-order valence-electron chi connectivity index (χ3n) is 6.78. The number of benzene rings is 4. The summed E-state index contributed by atoms with van der Waals surface area (Å²) in [6, 6.07) is 24.4. The van der Waals surface area contributed by atoms with Gasteiger partial charge in [0, 0.05) is 24.0 Å². The molecule has 5 N–H and O–H groups in total. The van der Waals surface area contributed by atoms with Crippen LogP contribution >= 0.6 is 12.2 Å². The highest BCUT2D eigenvalue weighted by Gasteiger charge is 2.25. The summed E-state index contributed by atoms with van der Waals surface area (Å²) in [5, 5.41) is 34.6. The van der Waals surface area contributed by atoms with E-state index >= 15 is 0 Å². The van der Waals surface area contributed by atoms with E-state index < -0.39 is 29.9 Å². The van der Waals surface area contributed by atoms with Crippen molar-refractivity contribution < 1.29 is 34.4 Å². The molecule has 4 rings (SSSR count). The molecule has 0 bridgehead atoms. The molecular weight excluding hydrogens is 568 g/mol. The van der Waals surface area contributed by atoms with E-state index in [1.54, 1.807) is 72.8 Å². The number of carbonyl (C=O) groups is 3. The minimum absolute atomic E-state index is 0.0179. The number of phenolic OH excluding ortho intramolecular Hbond substituents is 2. The van der Waals surface area contributed by atoms with Crippen LogP contribution in [0.3, 0.4) is 0 Å². The zero-order valence-corrected chi connectivity index (χ0v) is 24.0. The summed E-state index contributed by atoms with van der Waals surface area (Å²) in [4.78, 5) is 38.4. The molecule has 0 unspecified atom stereocenters. The minimum atomic E-state index is -1.22. The Morgan fingerprint density at radius 1 is 0.698 bits per heavy atom. The van der Waals surface area contributed by atoms with Crippen LogP contribution in [0.15, 0.2) is 97.1 Å². The molecule has 10 heteroatoms. The Bertz CT molecular complexity index is 1620. The van der Waals surface area contributed by atoms with E-state index in [0.717, 1.165) is 5.56 Å². The molecular formula is C33H30N2O7S. The first-order valence-corrected chi connectivity index (χ1v) is 13.7. The smallest absolute Gasteiger partial charge is 0.328 e. The molecule has 0 aliphatic rings. The number of carbonyl (C=O) groups excluding carboxylic acids is 2. The molecule has 0 saturated carbocycles. The zero-order chi connectivity index (χ0) is 30.9. The van der Waals surface area contributed by atoms with Crippen LogP contribution in [-0.4, -0.2) is 57.3 Å². The average molecular weight is 599 g/mol. The van der Waals surface area contributed by atoms with Gasteiger partial charge >= 0.3 is 11.9 Å². The minimum Gasteiger partial charge on any atom is -0.508 e. The monoisotopic (exact) mass is 598 g/mol. The first kappa shape index (κ1) is 30.7. The Morgan fingerprint density at radius 2 is 1.16 bits per heavy atom. The maximum atomic E-state index is 13.5. The van der Waals surface area contributed by atoms with Crippen LogP contribution in [0.2, 0.25) is 0 Å². The summed E-state index contributed by atoms with van der Waals surface area (Å²) >= 11 is 5.73. The lowest BCUT2D eigenvalue weighted by Crippen LogP contribution is -2.43. The number of phenols is 2. The summed E-state index contributed by atoms with van der Waals surface area (Å²) in [6.45, 7) is 0. The van der Waals surface area contributed by atoms with Crippen molar-refractivity contribution >= 4 is 35.1 Å². The van der Waals surface area contributed by atoms with Gasteiger partial charge < -0.3 is 30.7 Å². The Balaban J connectivity index is 1.60. The normalized spacial score (nSPS) is 12.0. The molecule has 0 aliphatic carbocycles. The molecule has 0 aliphatic heterocycles. The number of rotatable bonds is 11. The van der Waals surface area contributed by atoms with Gasteiger partial charge in [-0.3, -0.25) is 4.79 Å². The highest BCUT2D eigenvalue weighted by atomic mass is 32.1. The number of nitrogens with one attached hydrogen (secondary N) is 2. The number of aliphatic carboxylic acids is 1. The molecule has 9 nitrogen and oxygen atoms in total. The molecule has 0 saturated heterocycles. The summed E-state index contributed by atoms with van der Waals surface area (Å²) in [5.41, 5.74) is 3.32. The molecule has 1 amide bonds. The standard InChI is InChI=1S/C33H30N2O7S/c1-42-33(41)29(19-21-12-16-23(37)17-13-21)35-31(43)27-9-5-3-7-25(27)24-6-2-4-8-26(24)30(38)34-28(32(39)40)18-20-10-14-22(36)15-11-20/h2-17,28-29,36-37H,18-19H2,1H3,(H,34,38)(H,35,43)(H,39,40)/t28-,29-/m0/s1. The maximum absolute atomic E-state index is 13.5. The molecule has 0 spiro atoms. The lowest BCUT2D eigenvalue weighted by atomic mass is 9.94. The van der Waals surface area contributed by atoms with Crippen LogP contribution < -0.4 is 10.6 Å². The fraction of sp³-hybridized carbons (Fsp3) is 0.152. The molecule has 220 valence electrons. The second-order valence-corrected chi connectivity index (χ2v) is 10.2. The number of hydrogen-bond donors (Lipinski definition) is 5. The van der Waals surface area contributed by atoms with Crippen LogP contribution in [0.25, 0.3) is 11.1 Å². The fourth-order valence-electron chi connectivity index (χ4n) is 4.58. The van der Waals surface area contributed by atoms with Gasteiger partial charge in [0.25, 0.3) is 5.91 Å². The first-order chi connectivity index (χ1) is 20.7. The van der Waals surface area contributed by atoms with Crippen molar-refractivity contribution in [3.63, 3.8) is 0 Å². The number of methoxy groups -OCH3 is 1. The van der Waals surface area contributed by atoms with Crippen molar-refractivity contribution in [3.05, 3.63) is 119 Å². The number of esters is 1. The molecule has 0 aromatic heterocycles. The highest BCUT2D eigenvalue weighted by Crippen LogP contribution is 2.28. The van der Waals surface area contributed by atoms with E-state index in [0.29, 0.717) is 22.3 Å². The Labute approximate surface area is 253 Å². The highest BCUT2D eigenvalue weighted by molar-refractivity contribution is 7.80. The van der Waals surface area contributed by atoms with E-state index in [1.807, 2.05) is 0 Å². The maximum Gasteiger partial charge on any atom is 0.328 e. The number of carboxylic acids is 1. The van der Waals surface area contributed by atoms with Gasteiger partial charge in [0.05, 0.1) is 7.11 Å². The second-order valence-electron chi connectivity index (χ2n) is 9.75. The second kappa shape index (κ2) is 14.1. The molecule has 43 heavy (non-hydrogen) atoms. The SMILES string of the molecule is COC(=O)[C@H](Cc1ccc(O)cc1)NC(=S)c1ccccc1-c1ccccc1C(=O)N[C@@H](Cc1ccc(O)cc1)C(=O)O. The van der Waals surface area contributed by atoms with E-state index in [9.17, 15) is 29.7 Å². The van der Waals surface area contributed by atoms with Crippen LogP contribution in [-0.2, 0) is 27.2 Å². The topological polar surface area (TPSA) is 145 Å². The molecule has 4 aromatic carbocycles. The lowest BCUT2D eigenvalue weighted by Gasteiger charge is -2.21. The van der Waals surface area contributed by atoms with Gasteiger partial charge in [-0.15, -0.1) is 0 Å². The summed E-state index contributed by atoms with van der Waals surface area (Å²) in [6.07, 6.45) is 0.260. The summed E-state index contributed by atoms with van der Waals surface area (Å²) in [7, 11) is 1.28. The molecule has 0 heterocycles. The number of ether oxygens (including phenoxy) is 1. The van der Waals surface area contributed by atoms with Crippen molar-refractivity contribution in [1.29, 1.82) is 0 Å². The van der Waals surface area contributed by atoms with Crippen LogP contribution in [0.5, 0.6) is 11.5 Å². The Hall–Kier alpha value is -5.22. The van der Waals surface area contributed by atoms with Crippen molar-refractivity contribution in [1.82, 2.24) is 10.6 Å². The van der Waals surface area contributed by atoms with E-state index in [4.69, 9.17) is 17.0 Å². The summed E-state index contributed by atoms with van der Waals surface area (Å²) in [5.74, 6) is -2.16. The average Bonchev–Trinajstić information content (AvgIpc) is 3.01. The molecule has 0 fully saturated rings. The zero-order valence-electron chi connectivity index (χ0n) is 23.2.